The second-order valence-corrected chi connectivity index (χ2v) is 3.16. The molecule has 0 aliphatic carbocycles. The molecule has 2 aromatic carbocycles. The molecule has 21 heavy (non-hydrogen) atoms. The van der Waals surface area contributed by atoms with Crippen LogP contribution in [0, 0.1) is 10.1 Å². The van der Waals surface area contributed by atoms with Crippen LogP contribution >= 0.6 is 0 Å². The zero-order chi connectivity index (χ0) is 16.8. The quantitative estimate of drug-likeness (QED) is 0.528. The Morgan fingerprint density at radius 2 is 0.714 bits per heavy atom. The molecule has 2 rings (SSSR count). The molecule has 0 fully saturated rings. The summed E-state index contributed by atoms with van der Waals surface area (Å²) in [6.07, 6.45) is 0. The fraction of sp³-hybridized carbons (Fsp3) is 0.294. The maximum Gasteiger partial charge on any atom is 0.194 e. The van der Waals surface area contributed by atoms with E-state index in [0.717, 1.165) is 7.05 Å². The van der Waals surface area contributed by atoms with Gasteiger partial charge >= 0.3 is 0 Å². The van der Waals surface area contributed by atoms with E-state index in [1.54, 1.807) is 14.2 Å². The van der Waals surface area contributed by atoms with Gasteiger partial charge in [0.2, 0.25) is 0 Å². The minimum atomic E-state index is -0.500. The molecule has 4 nitrogen and oxygen atoms in total. The average Bonchev–Trinajstić information content (AvgIpc) is 2.54. The molecule has 0 amide bonds. The van der Waals surface area contributed by atoms with E-state index in [0.29, 0.717) is 0 Å². The van der Waals surface area contributed by atoms with E-state index in [4.69, 9.17) is 10.1 Å². The van der Waals surface area contributed by atoms with E-state index < -0.39 is 4.92 Å². The van der Waals surface area contributed by atoms with Crippen molar-refractivity contribution < 1.29 is 9.66 Å². The molecule has 118 valence electrons. The maximum absolute atomic E-state index is 8.81. The highest BCUT2D eigenvalue weighted by atomic mass is 16.6. The summed E-state index contributed by atoms with van der Waals surface area (Å²) in [4.78, 5) is 8.31. The molecule has 0 aromatic heterocycles. The van der Waals surface area contributed by atoms with Crippen molar-refractivity contribution in [1.82, 2.24) is 0 Å². The summed E-state index contributed by atoms with van der Waals surface area (Å²) in [7, 11) is 4.14. The van der Waals surface area contributed by atoms with Crippen LogP contribution in [0.2, 0.25) is 0 Å². The molecule has 0 heterocycles. The van der Waals surface area contributed by atoms with Gasteiger partial charge in [0.05, 0.1) is 0 Å². The van der Waals surface area contributed by atoms with Crippen molar-refractivity contribution >= 4 is 0 Å². The first-order valence-corrected chi connectivity index (χ1v) is 6.63. The summed E-state index contributed by atoms with van der Waals surface area (Å²) >= 11 is 0. The molecule has 0 unspecified atom stereocenters. The summed E-state index contributed by atoms with van der Waals surface area (Å²) in [6, 6.07) is 24.0. The number of hydrogen-bond donors (Lipinski definition) is 0. The van der Waals surface area contributed by atoms with Crippen molar-refractivity contribution in [3.8, 4) is 0 Å². The van der Waals surface area contributed by atoms with Crippen molar-refractivity contribution in [2.24, 2.45) is 0 Å². The topological polar surface area (TPSA) is 52.4 Å². The molecule has 0 N–H and O–H groups in total. The first-order chi connectivity index (χ1) is 10.1. The Labute approximate surface area is 128 Å². The van der Waals surface area contributed by atoms with Crippen LogP contribution in [0.1, 0.15) is 13.8 Å². The zero-order valence-corrected chi connectivity index (χ0v) is 13.6. The van der Waals surface area contributed by atoms with Crippen LogP contribution in [0.3, 0.4) is 0 Å². The Kier molecular flexibility index (Phi) is 30.0. The average molecular weight is 293 g/mol. The third kappa shape index (κ3) is 46.3. The summed E-state index contributed by atoms with van der Waals surface area (Å²) in [5, 5.41) is 8.81. The standard InChI is InChI=1S/2C6H6.C2H6O.C2H6.CH3NO2/c2*1-2-4-6-5-3-1;1-3-2;1-2;1-2(3)4/h2*1-6H;1-2H3;1-2H3;1H3. The van der Waals surface area contributed by atoms with Gasteiger partial charge in [-0.2, -0.15) is 0 Å². The lowest BCUT2D eigenvalue weighted by Crippen LogP contribution is -1.79. The fourth-order valence-electron chi connectivity index (χ4n) is 0.770. The Morgan fingerprint density at radius 3 is 0.762 bits per heavy atom. The van der Waals surface area contributed by atoms with Gasteiger partial charge in [-0.15, -0.1) is 0 Å². The Balaban J connectivity index is -0.000000205. The number of benzene rings is 2. The molecular weight excluding hydrogens is 266 g/mol. The van der Waals surface area contributed by atoms with E-state index in [1.165, 1.54) is 0 Å². The van der Waals surface area contributed by atoms with Crippen molar-refractivity contribution in [3.05, 3.63) is 82.9 Å². The van der Waals surface area contributed by atoms with Gasteiger partial charge in [0.1, 0.15) is 0 Å². The molecule has 0 aliphatic heterocycles. The minimum Gasteiger partial charge on any atom is -0.388 e. The number of nitro groups is 1. The van der Waals surface area contributed by atoms with Crippen molar-refractivity contribution in [3.63, 3.8) is 0 Å². The van der Waals surface area contributed by atoms with Crippen LogP contribution in [0.4, 0.5) is 0 Å². The van der Waals surface area contributed by atoms with Gasteiger partial charge in [-0.25, -0.2) is 0 Å². The number of nitrogens with zero attached hydrogens (tertiary/aromatic N) is 1. The van der Waals surface area contributed by atoms with Crippen molar-refractivity contribution in [2.45, 2.75) is 13.8 Å². The van der Waals surface area contributed by atoms with E-state index >= 15 is 0 Å². The van der Waals surface area contributed by atoms with Gasteiger partial charge in [0.15, 0.2) is 7.05 Å². The molecule has 0 radical (unpaired) electrons. The van der Waals surface area contributed by atoms with E-state index in [2.05, 4.69) is 4.74 Å². The molecule has 2 aromatic rings. The number of hydrogen-bond acceptors (Lipinski definition) is 3. The van der Waals surface area contributed by atoms with Crippen LogP contribution < -0.4 is 0 Å². The van der Waals surface area contributed by atoms with Crippen LogP contribution in [0.25, 0.3) is 0 Å². The largest absolute Gasteiger partial charge is 0.388 e. The third-order valence-corrected chi connectivity index (χ3v) is 1.33. The first kappa shape index (κ1) is 23.9. The normalized spacial score (nSPS) is 6.90. The predicted octanol–water partition coefficient (Wildman–Crippen LogP) is 4.55. The van der Waals surface area contributed by atoms with Crippen LogP contribution in [-0.4, -0.2) is 26.2 Å². The minimum absolute atomic E-state index is 0.500. The summed E-state index contributed by atoms with van der Waals surface area (Å²) in [5.74, 6) is 0. The molecule has 0 spiro atoms. The lowest BCUT2D eigenvalue weighted by molar-refractivity contribution is -0.445. The Hall–Kier alpha value is -2.20. The van der Waals surface area contributed by atoms with E-state index in [-0.39, 0.29) is 0 Å². The van der Waals surface area contributed by atoms with Gasteiger partial charge < -0.3 is 4.74 Å². The number of rotatable bonds is 0. The highest BCUT2D eigenvalue weighted by molar-refractivity contribution is 4.99. The molecule has 4 heteroatoms. The second kappa shape index (κ2) is 26.4. The zero-order valence-electron chi connectivity index (χ0n) is 13.6. The highest BCUT2D eigenvalue weighted by Gasteiger charge is 1.58. The van der Waals surface area contributed by atoms with Crippen LogP contribution in [0.5, 0.6) is 0 Å². The summed E-state index contributed by atoms with van der Waals surface area (Å²) in [6.45, 7) is 4.00. The summed E-state index contributed by atoms with van der Waals surface area (Å²) < 4.78 is 4.25. The molecule has 0 saturated heterocycles. The molecule has 0 saturated carbocycles. The lowest BCUT2D eigenvalue weighted by Gasteiger charge is -1.69. The van der Waals surface area contributed by atoms with Gasteiger partial charge in [-0.1, -0.05) is 86.6 Å². The second-order valence-electron chi connectivity index (χ2n) is 3.16. The first-order valence-electron chi connectivity index (χ1n) is 6.63. The Bertz CT molecular complexity index is 277. The van der Waals surface area contributed by atoms with E-state index in [9.17, 15) is 0 Å². The monoisotopic (exact) mass is 293 g/mol. The molecular formula is C17H27NO3. The highest BCUT2D eigenvalue weighted by Crippen LogP contribution is 1.80. The third-order valence-electron chi connectivity index (χ3n) is 1.33. The van der Waals surface area contributed by atoms with Gasteiger partial charge in [0, 0.05) is 19.1 Å². The molecule has 0 atom stereocenters. The number of ether oxygens (including phenoxy) is 1. The SMILES string of the molecule is CC.COC.C[N+](=O)[O-].c1ccccc1.c1ccccc1. The summed E-state index contributed by atoms with van der Waals surface area (Å²) in [5.41, 5.74) is 0. The van der Waals surface area contributed by atoms with Crippen molar-refractivity contribution in [1.29, 1.82) is 0 Å². The van der Waals surface area contributed by atoms with Gasteiger partial charge in [0.25, 0.3) is 0 Å². The fourth-order valence-corrected chi connectivity index (χ4v) is 0.770. The van der Waals surface area contributed by atoms with E-state index in [1.807, 2.05) is 86.6 Å². The van der Waals surface area contributed by atoms with Crippen LogP contribution in [0.15, 0.2) is 72.8 Å². The maximum atomic E-state index is 8.81. The van der Waals surface area contributed by atoms with Gasteiger partial charge in [-0.05, 0) is 0 Å². The number of methoxy groups -OCH3 is 1. The molecule has 0 bridgehead atoms. The van der Waals surface area contributed by atoms with Crippen LogP contribution in [-0.2, 0) is 4.74 Å². The van der Waals surface area contributed by atoms with Gasteiger partial charge in [-0.3, -0.25) is 10.1 Å². The lowest BCUT2D eigenvalue weighted by atomic mass is 10.4. The predicted molar refractivity (Wildman–Crippen MR) is 90.1 cm³/mol. The van der Waals surface area contributed by atoms with Crippen molar-refractivity contribution in [2.75, 3.05) is 21.3 Å². The Morgan fingerprint density at radius 1 is 0.667 bits per heavy atom. The molecule has 0 aliphatic rings. The smallest absolute Gasteiger partial charge is 0.194 e.